The van der Waals surface area contributed by atoms with Crippen molar-refractivity contribution in [2.45, 2.75) is 30.9 Å². The summed E-state index contributed by atoms with van der Waals surface area (Å²) in [6.45, 7) is 2.42. The van der Waals surface area contributed by atoms with Crippen molar-refractivity contribution < 1.29 is 14.3 Å². The zero-order valence-corrected chi connectivity index (χ0v) is 16.4. The topological polar surface area (TPSA) is 62.7 Å². The number of carbonyl (C=O) groups excluding carboxylic acids is 2. The highest BCUT2D eigenvalue weighted by Gasteiger charge is 2.58. The van der Waals surface area contributed by atoms with Crippen LogP contribution < -0.4 is 0 Å². The molecule has 2 saturated heterocycles. The normalized spacial score (nSPS) is 26.9. The Hall–Kier alpha value is -2.73. The van der Waals surface area contributed by atoms with E-state index in [-0.39, 0.29) is 23.7 Å². The third-order valence-corrected chi connectivity index (χ3v) is 6.30. The third kappa shape index (κ3) is 3.31. The molecular weight excluding hydrogens is 366 g/mol. The fraction of sp³-hybridized carbons (Fsp3) is 0.435. The lowest BCUT2D eigenvalue weighted by molar-refractivity contribution is -0.173. The van der Waals surface area contributed by atoms with Crippen LogP contribution in [0.2, 0.25) is 0 Å². The molecule has 2 aromatic rings. The van der Waals surface area contributed by atoms with Gasteiger partial charge in [-0.2, -0.15) is 0 Å². The predicted octanol–water partition coefficient (Wildman–Crippen LogP) is 2.22. The van der Waals surface area contributed by atoms with E-state index < -0.39 is 5.60 Å². The lowest BCUT2D eigenvalue weighted by Gasteiger charge is -2.42. The number of aromatic nitrogens is 1. The molecule has 2 aliphatic heterocycles. The summed E-state index contributed by atoms with van der Waals surface area (Å²) < 4.78 is 6.24. The van der Waals surface area contributed by atoms with Crippen molar-refractivity contribution in [2.24, 2.45) is 5.92 Å². The van der Waals surface area contributed by atoms with Gasteiger partial charge >= 0.3 is 0 Å². The first-order chi connectivity index (χ1) is 14.2. The number of carbonyl (C=O) groups is 2. The average molecular weight is 391 g/mol. The Labute approximate surface area is 170 Å². The molecule has 1 aromatic heterocycles. The van der Waals surface area contributed by atoms with E-state index in [1.807, 2.05) is 52.3 Å². The summed E-state index contributed by atoms with van der Waals surface area (Å²) in [6, 6.07) is 13.9. The monoisotopic (exact) mass is 391 g/mol. The van der Waals surface area contributed by atoms with Crippen molar-refractivity contribution in [3.8, 4) is 0 Å². The SMILES string of the molecule is O=C(C1CC1)N1C[C@@H](c2cccnc2)[C@]2(C1)OCCN(Cc1ccccc1)C2=O. The van der Waals surface area contributed by atoms with Crippen LogP contribution in [-0.2, 0) is 20.9 Å². The van der Waals surface area contributed by atoms with Crippen LogP contribution in [0.1, 0.15) is 29.9 Å². The predicted molar refractivity (Wildman–Crippen MR) is 107 cm³/mol. The Bertz CT molecular complexity index is 900. The summed E-state index contributed by atoms with van der Waals surface area (Å²) in [7, 11) is 0. The van der Waals surface area contributed by atoms with E-state index >= 15 is 0 Å². The molecule has 29 heavy (non-hydrogen) atoms. The summed E-state index contributed by atoms with van der Waals surface area (Å²) in [5, 5.41) is 0. The van der Waals surface area contributed by atoms with Crippen molar-refractivity contribution in [3.05, 3.63) is 66.0 Å². The molecule has 5 rings (SSSR count). The molecule has 150 valence electrons. The molecule has 0 bridgehead atoms. The van der Waals surface area contributed by atoms with Gasteiger partial charge in [-0.3, -0.25) is 14.6 Å². The van der Waals surface area contributed by atoms with Crippen LogP contribution in [0.25, 0.3) is 0 Å². The average Bonchev–Trinajstić information content (AvgIpc) is 3.54. The highest BCUT2D eigenvalue weighted by atomic mass is 16.5. The van der Waals surface area contributed by atoms with Crippen molar-refractivity contribution in [1.82, 2.24) is 14.8 Å². The van der Waals surface area contributed by atoms with Crippen molar-refractivity contribution in [2.75, 3.05) is 26.2 Å². The zero-order chi connectivity index (χ0) is 19.8. The molecule has 0 radical (unpaired) electrons. The zero-order valence-electron chi connectivity index (χ0n) is 16.4. The van der Waals surface area contributed by atoms with Gasteiger partial charge in [-0.25, -0.2) is 0 Å². The van der Waals surface area contributed by atoms with E-state index in [1.165, 1.54) is 0 Å². The largest absolute Gasteiger partial charge is 0.361 e. The number of amides is 2. The van der Waals surface area contributed by atoms with Gasteiger partial charge in [0.2, 0.25) is 5.91 Å². The summed E-state index contributed by atoms with van der Waals surface area (Å²) >= 11 is 0. The van der Waals surface area contributed by atoms with E-state index in [9.17, 15) is 9.59 Å². The van der Waals surface area contributed by atoms with Crippen LogP contribution in [0, 0.1) is 5.92 Å². The third-order valence-electron chi connectivity index (χ3n) is 6.30. The molecule has 0 N–H and O–H groups in total. The quantitative estimate of drug-likeness (QED) is 0.802. The minimum atomic E-state index is -1.03. The molecule has 2 amide bonds. The second-order valence-electron chi connectivity index (χ2n) is 8.28. The molecule has 3 aliphatic rings. The van der Waals surface area contributed by atoms with Gasteiger partial charge in [-0.15, -0.1) is 0 Å². The standard InChI is InChI=1S/C23H25N3O3/c27-21(18-8-9-18)26-15-20(19-7-4-10-24-13-19)23(16-26)22(28)25(11-12-29-23)14-17-5-2-1-3-6-17/h1-7,10,13,18,20H,8-9,11-12,14-16H2/t20-,23-/m0/s1. The van der Waals surface area contributed by atoms with Crippen molar-refractivity contribution in [3.63, 3.8) is 0 Å². The molecule has 2 atom stereocenters. The summed E-state index contributed by atoms with van der Waals surface area (Å²) in [6.07, 6.45) is 5.43. The van der Waals surface area contributed by atoms with Gasteiger partial charge in [0, 0.05) is 43.9 Å². The minimum absolute atomic E-state index is 0.0208. The van der Waals surface area contributed by atoms with E-state index in [0.717, 1.165) is 24.0 Å². The van der Waals surface area contributed by atoms with Crippen LogP contribution >= 0.6 is 0 Å². The van der Waals surface area contributed by atoms with Crippen LogP contribution in [-0.4, -0.2) is 58.4 Å². The highest BCUT2D eigenvalue weighted by Crippen LogP contribution is 2.44. The summed E-state index contributed by atoms with van der Waals surface area (Å²) in [4.78, 5) is 34.5. The summed E-state index contributed by atoms with van der Waals surface area (Å²) in [5.74, 6) is 0.0590. The molecule has 6 heteroatoms. The Kier molecular flexibility index (Phi) is 4.59. The van der Waals surface area contributed by atoms with E-state index in [1.54, 1.807) is 12.4 Å². The molecule has 3 heterocycles. The fourth-order valence-corrected chi connectivity index (χ4v) is 4.63. The molecular formula is C23H25N3O3. The number of pyridine rings is 1. The number of nitrogens with zero attached hydrogens (tertiary/aromatic N) is 3. The number of ether oxygens (including phenoxy) is 1. The Morgan fingerprint density at radius 1 is 1.17 bits per heavy atom. The lowest BCUT2D eigenvalue weighted by Crippen LogP contribution is -2.60. The maximum atomic E-state index is 13.7. The Morgan fingerprint density at radius 3 is 2.72 bits per heavy atom. The molecule has 0 unspecified atom stereocenters. The van der Waals surface area contributed by atoms with Crippen LogP contribution in [0.3, 0.4) is 0 Å². The molecule has 1 aromatic carbocycles. The highest BCUT2D eigenvalue weighted by molar-refractivity contribution is 5.90. The Balaban J connectivity index is 1.47. The lowest BCUT2D eigenvalue weighted by atomic mass is 9.83. The van der Waals surface area contributed by atoms with Gasteiger partial charge in [0.1, 0.15) is 0 Å². The van der Waals surface area contributed by atoms with Crippen LogP contribution in [0.4, 0.5) is 0 Å². The Morgan fingerprint density at radius 2 is 2.00 bits per heavy atom. The summed E-state index contributed by atoms with van der Waals surface area (Å²) in [5.41, 5.74) is 1.02. The maximum absolute atomic E-state index is 13.7. The number of morpholine rings is 1. The molecule has 3 fully saturated rings. The number of hydrogen-bond acceptors (Lipinski definition) is 4. The number of likely N-dealkylation sites (tertiary alicyclic amines) is 1. The number of rotatable bonds is 4. The van der Waals surface area contributed by atoms with Gasteiger partial charge in [-0.1, -0.05) is 36.4 Å². The smallest absolute Gasteiger partial charge is 0.257 e. The number of hydrogen-bond donors (Lipinski definition) is 0. The maximum Gasteiger partial charge on any atom is 0.257 e. The fourth-order valence-electron chi connectivity index (χ4n) is 4.63. The van der Waals surface area contributed by atoms with E-state index in [2.05, 4.69) is 4.98 Å². The van der Waals surface area contributed by atoms with Gasteiger partial charge in [0.25, 0.3) is 5.91 Å². The first-order valence-corrected chi connectivity index (χ1v) is 10.3. The molecule has 1 spiro atoms. The van der Waals surface area contributed by atoms with Gasteiger partial charge in [-0.05, 0) is 30.0 Å². The van der Waals surface area contributed by atoms with Gasteiger partial charge in [0.15, 0.2) is 5.60 Å². The first-order valence-electron chi connectivity index (χ1n) is 10.3. The van der Waals surface area contributed by atoms with Gasteiger partial charge < -0.3 is 14.5 Å². The van der Waals surface area contributed by atoms with Crippen LogP contribution in [0.15, 0.2) is 54.9 Å². The first kappa shape index (κ1) is 18.3. The minimum Gasteiger partial charge on any atom is -0.361 e. The van der Waals surface area contributed by atoms with Crippen LogP contribution in [0.5, 0.6) is 0 Å². The molecule has 1 aliphatic carbocycles. The molecule has 1 saturated carbocycles. The second-order valence-corrected chi connectivity index (χ2v) is 8.28. The van der Waals surface area contributed by atoms with Crippen molar-refractivity contribution in [1.29, 1.82) is 0 Å². The van der Waals surface area contributed by atoms with Gasteiger partial charge in [0.05, 0.1) is 13.2 Å². The van der Waals surface area contributed by atoms with E-state index in [4.69, 9.17) is 4.74 Å². The second kappa shape index (κ2) is 7.26. The van der Waals surface area contributed by atoms with Crippen molar-refractivity contribution >= 4 is 11.8 Å². The molecule has 6 nitrogen and oxygen atoms in total. The van der Waals surface area contributed by atoms with E-state index in [0.29, 0.717) is 32.8 Å². The number of benzene rings is 1.